The van der Waals surface area contributed by atoms with Gasteiger partial charge in [0.25, 0.3) is 0 Å². The Morgan fingerprint density at radius 2 is 1.81 bits per heavy atom. The number of aromatic nitrogens is 1. The van der Waals surface area contributed by atoms with Crippen LogP contribution in [-0.2, 0) is 6.42 Å². The second kappa shape index (κ2) is 9.08. The van der Waals surface area contributed by atoms with E-state index in [9.17, 15) is 0 Å². The summed E-state index contributed by atoms with van der Waals surface area (Å²) in [5, 5.41) is 1.08. The van der Waals surface area contributed by atoms with E-state index in [1.165, 1.54) is 0 Å². The predicted molar refractivity (Wildman–Crippen MR) is 109 cm³/mol. The number of benzene rings is 2. The van der Waals surface area contributed by atoms with Crippen molar-refractivity contribution in [2.75, 3.05) is 20.3 Å². The highest BCUT2D eigenvalue weighted by Crippen LogP contribution is 2.26. The van der Waals surface area contributed by atoms with Gasteiger partial charge in [0.05, 0.1) is 20.3 Å². The fraction of sp³-hybridized carbons (Fsp3) is 0.261. The Kier molecular flexibility index (Phi) is 6.31. The first-order chi connectivity index (χ1) is 13.2. The molecule has 0 unspecified atom stereocenters. The molecule has 27 heavy (non-hydrogen) atoms. The molecule has 0 fully saturated rings. The van der Waals surface area contributed by atoms with Crippen molar-refractivity contribution in [2.45, 2.75) is 19.8 Å². The lowest BCUT2D eigenvalue weighted by molar-refractivity contribution is 0.247. The molecule has 0 N–H and O–H groups in total. The molecule has 1 aromatic heterocycles. The predicted octanol–water partition coefficient (Wildman–Crippen LogP) is 5.13. The van der Waals surface area contributed by atoms with Gasteiger partial charge < -0.3 is 14.2 Å². The molecule has 1 heterocycles. The number of ether oxygens (including phenoxy) is 3. The Labute approximate surface area is 160 Å². The number of hydrogen-bond acceptors (Lipinski definition) is 4. The molecule has 0 saturated heterocycles. The number of fused-ring (bicyclic) bond motifs is 1. The highest BCUT2D eigenvalue weighted by atomic mass is 16.5. The van der Waals surface area contributed by atoms with Crippen molar-refractivity contribution in [3.63, 3.8) is 0 Å². The minimum absolute atomic E-state index is 0.571. The van der Waals surface area contributed by atoms with E-state index in [4.69, 9.17) is 14.2 Å². The van der Waals surface area contributed by atoms with Gasteiger partial charge in [-0.05, 0) is 43.7 Å². The van der Waals surface area contributed by atoms with Crippen LogP contribution >= 0.6 is 0 Å². The van der Waals surface area contributed by atoms with Crippen molar-refractivity contribution in [3.8, 4) is 17.2 Å². The zero-order valence-electron chi connectivity index (χ0n) is 15.9. The zero-order valence-corrected chi connectivity index (χ0v) is 15.9. The molecule has 0 aliphatic carbocycles. The van der Waals surface area contributed by atoms with Gasteiger partial charge in [0.2, 0.25) is 0 Å². The molecular weight excluding hydrogens is 338 g/mol. The van der Waals surface area contributed by atoms with Gasteiger partial charge >= 0.3 is 0 Å². The molecule has 0 spiro atoms. The summed E-state index contributed by atoms with van der Waals surface area (Å²) in [5.41, 5.74) is 2.96. The van der Waals surface area contributed by atoms with Gasteiger partial charge in [-0.15, -0.1) is 6.58 Å². The van der Waals surface area contributed by atoms with E-state index in [0.29, 0.717) is 13.2 Å². The zero-order chi connectivity index (χ0) is 19.1. The van der Waals surface area contributed by atoms with E-state index < -0.39 is 0 Å². The average molecular weight is 363 g/mol. The fourth-order valence-corrected chi connectivity index (χ4v) is 2.90. The van der Waals surface area contributed by atoms with Crippen LogP contribution in [0.25, 0.3) is 10.9 Å². The van der Waals surface area contributed by atoms with Gasteiger partial charge in [-0.3, -0.25) is 0 Å². The lowest BCUT2D eigenvalue weighted by Crippen LogP contribution is -2.06. The van der Waals surface area contributed by atoms with Gasteiger partial charge in [0, 0.05) is 23.1 Å². The summed E-state index contributed by atoms with van der Waals surface area (Å²) < 4.78 is 17.2. The van der Waals surface area contributed by atoms with Crippen LogP contribution in [0, 0.1) is 6.92 Å². The molecule has 0 bridgehead atoms. The lowest BCUT2D eigenvalue weighted by Gasteiger charge is -2.13. The minimum atomic E-state index is 0.571. The lowest BCUT2D eigenvalue weighted by atomic mass is 10.1. The molecule has 3 aromatic rings. The summed E-state index contributed by atoms with van der Waals surface area (Å²) in [6.07, 6.45) is 3.38. The number of para-hydroxylation sites is 1. The van der Waals surface area contributed by atoms with E-state index in [0.717, 1.165) is 52.3 Å². The molecule has 2 aromatic carbocycles. The average Bonchev–Trinajstić information content (AvgIpc) is 2.69. The maximum Gasteiger partial charge on any atom is 0.145 e. The number of rotatable bonds is 9. The Bertz CT molecular complexity index is 921. The van der Waals surface area contributed by atoms with E-state index in [2.05, 4.69) is 17.6 Å². The number of hydrogen-bond donors (Lipinski definition) is 0. The van der Waals surface area contributed by atoms with Crippen molar-refractivity contribution in [3.05, 3.63) is 72.4 Å². The second-order valence-electron chi connectivity index (χ2n) is 6.30. The molecule has 4 nitrogen and oxygen atoms in total. The fourth-order valence-electron chi connectivity index (χ4n) is 2.90. The van der Waals surface area contributed by atoms with Crippen molar-refractivity contribution >= 4 is 10.9 Å². The summed E-state index contributed by atoms with van der Waals surface area (Å²) in [5.74, 6) is 2.49. The normalized spacial score (nSPS) is 10.6. The van der Waals surface area contributed by atoms with Crippen molar-refractivity contribution in [1.29, 1.82) is 0 Å². The molecule has 3 rings (SSSR count). The Morgan fingerprint density at radius 3 is 2.59 bits per heavy atom. The Balaban J connectivity index is 1.56. The van der Waals surface area contributed by atoms with Gasteiger partial charge in [-0.1, -0.05) is 24.3 Å². The van der Waals surface area contributed by atoms with Crippen molar-refractivity contribution in [1.82, 2.24) is 4.98 Å². The molecule has 140 valence electrons. The molecule has 0 amide bonds. The third-order valence-electron chi connectivity index (χ3n) is 4.26. The molecule has 0 atom stereocenters. The first kappa shape index (κ1) is 18.8. The van der Waals surface area contributed by atoms with Crippen LogP contribution in [0.2, 0.25) is 0 Å². The van der Waals surface area contributed by atoms with Gasteiger partial charge in [-0.2, -0.15) is 0 Å². The van der Waals surface area contributed by atoms with Gasteiger partial charge in [-0.25, -0.2) is 4.98 Å². The molecule has 0 saturated carbocycles. The Morgan fingerprint density at radius 1 is 1.00 bits per heavy atom. The smallest absolute Gasteiger partial charge is 0.145 e. The topological polar surface area (TPSA) is 40.6 Å². The van der Waals surface area contributed by atoms with Crippen molar-refractivity contribution in [2.24, 2.45) is 0 Å². The number of aryl methyl sites for hydroxylation is 1. The molecule has 0 aliphatic heterocycles. The maximum absolute atomic E-state index is 5.95. The third-order valence-corrected chi connectivity index (χ3v) is 4.26. The molecule has 0 radical (unpaired) electrons. The van der Waals surface area contributed by atoms with Crippen LogP contribution in [-0.4, -0.2) is 25.3 Å². The molecular formula is C23H25NO3. The van der Waals surface area contributed by atoms with E-state index >= 15 is 0 Å². The monoisotopic (exact) mass is 363 g/mol. The standard InChI is InChI=1S/C23H25NO3/c1-4-7-19-16-20(25-3)12-13-21(19)26-14-6-15-27-22-9-5-8-18-11-10-17(2)24-23(18)22/h4-5,8-13,16H,1,6-7,14-15H2,2-3H3. The van der Waals surface area contributed by atoms with Crippen LogP contribution < -0.4 is 14.2 Å². The molecule has 4 heteroatoms. The summed E-state index contributed by atoms with van der Waals surface area (Å²) in [4.78, 5) is 4.59. The summed E-state index contributed by atoms with van der Waals surface area (Å²) in [6.45, 7) is 6.94. The minimum Gasteiger partial charge on any atom is -0.497 e. The summed E-state index contributed by atoms with van der Waals surface area (Å²) in [6, 6.07) is 15.9. The van der Waals surface area contributed by atoms with Crippen LogP contribution in [0.4, 0.5) is 0 Å². The molecule has 0 aliphatic rings. The van der Waals surface area contributed by atoms with Gasteiger partial charge in [0.15, 0.2) is 0 Å². The summed E-state index contributed by atoms with van der Waals surface area (Å²) >= 11 is 0. The first-order valence-corrected chi connectivity index (χ1v) is 9.11. The van der Waals surface area contributed by atoms with E-state index in [1.807, 2.05) is 55.5 Å². The number of allylic oxidation sites excluding steroid dienone is 1. The highest BCUT2D eigenvalue weighted by molar-refractivity contribution is 5.84. The number of nitrogens with zero attached hydrogens (tertiary/aromatic N) is 1. The third kappa shape index (κ3) is 4.79. The number of pyridine rings is 1. The number of methoxy groups -OCH3 is 1. The van der Waals surface area contributed by atoms with Crippen LogP contribution in [0.3, 0.4) is 0 Å². The first-order valence-electron chi connectivity index (χ1n) is 9.11. The van der Waals surface area contributed by atoms with Gasteiger partial charge in [0.1, 0.15) is 22.8 Å². The van der Waals surface area contributed by atoms with Crippen molar-refractivity contribution < 1.29 is 14.2 Å². The van der Waals surface area contributed by atoms with E-state index in [-0.39, 0.29) is 0 Å². The second-order valence-corrected chi connectivity index (χ2v) is 6.30. The largest absolute Gasteiger partial charge is 0.497 e. The Hall–Kier alpha value is -3.01. The summed E-state index contributed by atoms with van der Waals surface area (Å²) in [7, 11) is 1.66. The maximum atomic E-state index is 5.95. The van der Waals surface area contributed by atoms with Crippen LogP contribution in [0.15, 0.2) is 61.2 Å². The van der Waals surface area contributed by atoms with Crippen LogP contribution in [0.1, 0.15) is 17.7 Å². The quantitative estimate of drug-likeness (QED) is 0.390. The van der Waals surface area contributed by atoms with E-state index in [1.54, 1.807) is 7.11 Å². The SMILES string of the molecule is C=CCc1cc(OC)ccc1OCCCOc1cccc2ccc(C)nc12. The highest BCUT2D eigenvalue weighted by Gasteiger charge is 2.06. The van der Waals surface area contributed by atoms with Crippen LogP contribution in [0.5, 0.6) is 17.2 Å².